The first-order chi connectivity index (χ1) is 15.4. The molecule has 32 heavy (non-hydrogen) atoms. The molecule has 2 bridgehead atoms. The van der Waals surface area contributed by atoms with Crippen molar-refractivity contribution in [2.45, 2.75) is 51.9 Å². The van der Waals surface area contributed by atoms with E-state index >= 15 is 0 Å². The Morgan fingerprint density at radius 2 is 2.16 bits per heavy atom. The fourth-order valence-electron chi connectivity index (χ4n) is 2.97. The molecule has 2 N–H and O–H groups in total. The summed E-state index contributed by atoms with van der Waals surface area (Å²) in [7, 11) is 0. The van der Waals surface area contributed by atoms with E-state index in [1.807, 2.05) is 6.08 Å². The molecule has 0 fully saturated rings. The smallest absolute Gasteiger partial charge is 0.329 e. The number of carbonyl (C=O) groups excluding carboxylic acids is 3. The molecule has 172 valence electrons. The van der Waals surface area contributed by atoms with Crippen LogP contribution >= 0.6 is 24.0 Å². The fourth-order valence-corrected chi connectivity index (χ4v) is 3.83. The Morgan fingerprint density at radius 1 is 1.34 bits per heavy atom. The number of thiazole rings is 1. The molecular weight excluding hydrogens is 454 g/mol. The highest BCUT2D eigenvalue weighted by molar-refractivity contribution is 7.80. The summed E-state index contributed by atoms with van der Waals surface area (Å²) in [5.74, 6) is -0.656. The van der Waals surface area contributed by atoms with Crippen LogP contribution in [0.4, 0.5) is 0 Å². The van der Waals surface area contributed by atoms with E-state index in [1.54, 1.807) is 25.3 Å². The second-order valence-corrected chi connectivity index (χ2v) is 8.86. The number of allylic oxidation sites excluding steroid dienone is 1. The number of hydrogen-bond acceptors (Lipinski definition) is 10. The lowest BCUT2D eigenvalue weighted by atomic mass is 10.0. The molecule has 1 aliphatic rings. The lowest BCUT2D eigenvalue weighted by molar-refractivity contribution is -0.153. The second-order valence-electron chi connectivity index (χ2n) is 7.47. The van der Waals surface area contributed by atoms with Gasteiger partial charge in [-0.2, -0.15) is 12.6 Å². The molecule has 3 heterocycles. The van der Waals surface area contributed by atoms with Crippen molar-refractivity contribution >= 4 is 41.7 Å². The zero-order valence-corrected chi connectivity index (χ0v) is 19.4. The molecule has 3 rings (SSSR count). The average molecular weight is 480 g/mol. The molecule has 0 radical (unpaired) electrons. The highest BCUT2D eigenvalue weighted by Crippen LogP contribution is 2.19. The molecule has 1 aliphatic heterocycles. The van der Waals surface area contributed by atoms with Crippen molar-refractivity contribution in [3.05, 3.63) is 22.5 Å². The molecule has 2 aromatic heterocycles. The predicted molar refractivity (Wildman–Crippen MR) is 120 cm³/mol. The SMILES string of the molecule is CC(C)[C@@H]1NC(=O)Cn2nnnc2-c2csc(n2)CNC(=O)C[C@@H](/C=C/CCS)OC1=O. The van der Waals surface area contributed by atoms with Gasteiger partial charge in [-0.05, 0) is 34.6 Å². The van der Waals surface area contributed by atoms with Crippen LogP contribution in [-0.4, -0.2) is 60.9 Å². The number of aromatic nitrogens is 5. The maximum Gasteiger partial charge on any atom is 0.329 e. The van der Waals surface area contributed by atoms with E-state index in [9.17, 15) is 14.4 Å². The Labute approximate surface area is 194 Å². The molecule has 2 amide bonds. The van der Waals surface area contributed by atoms with Gasteiger partial charge in [0.25, 0.3) is 0 Å². The number of cyclic esters (lactones) is 1. The van der Waals surface area contributed by atoms with Crippen molar-refractivity contribution in [1.29, 1.82) is 0 Å². The van der Waals surface area contributed by atoms with Gasteiger partial charge in [-0.25, -0.2) is 14.5 Å². The topological polar surface area (TPSA) is 141 Å². The third-order valence-electron chi connectivity index (χ3n) is 4.58. The lowest BCUT2D eigenvalue weighted by Crippen LogP contribution is -2.47. The summed E-state index contributed by atoms with van der Waals surface area (Å²) in [6.45, 7) is 3.61. The van der Waals surface area contributed by atoms with Gasteiger partial charge in [0.15, 0.2) is 0 Å². The highest BCUT2D eigenvalue weighted by atomic mass is 32.1. The third-order valence-corrected chi connectivity index (χ3v) is 5.69. The number of esters is 1. The van der Waals surface area contributed by atoms with E-state index in [0.29, 0.717) is 28.7 Å². The number of fused-ring (bicyclic) bond motifs is 4. The number of hydrogen-bond donors (Lipinski definition) is 3. The van der Waals surface area contributed by atoms with Gasteiger partial charge in [-0.3, -0.25) is 9.59 Å². The van der Waals surface area contributed by atoms with E-state index in [4.69, 9.17) is 4.74 Å². The van der Waals surface area contributed by atoms with Crippen LogP contribution in [0.2, 0.25) is 0 Å². The van der Waals surface area contributed by atoms with Gasteiger partial charge in [-0.15, -0.1) is 16.4 Å². The van der Waals surface area contributed by atoms with Crippen molar-refractivity contribution < 1.29 is 19.1 Å². The zero-order chi connectivity index (χ0) is 23.1. The quantitative estimate of drug-likeness (QED) is 0.331. The van der Waals surface area contributed by atoms with Crippen molar-refractivity contribution in [3.8, 4) is 11.5 Å². The van der Waals surface area contributed by atoms with Gasteiger partial charge in [0.2, 0.25) is 17.6 Å². The fraction of sp³-hybridized carbons (Fsp3) is 0.526. The molecule has 0 unspecified atom stereocenters. The summed E-state index contributed by atoms with van der Waals surface area (Å²) >= 11 is 5.50. The number of amides is 2. The Balaban J connectivity index is 1.89. The summed E-state index contributed by atoms with van der Waals surface area (Å²) < 4.78 is 6.90. The van der Waals surface area contributed by atoms with E-state index in [2.05, 4.69) is 43.8 Å². The molecule has 13 heteroatoms. The molecule has 2 aromatic rings. The molecule has 0 aliphatic carbocycles. The van der Waals surface area contributed by atoms with Crippen LogP contribution in [0, 0.1) is 5.92 Å². The van der Waals surface area contributed by atoms with Crippen molar-refractivity contribution in [2.24, 2.45) is 5.92 Å². The van der Waals surface area contributed by atoms with Crippen LogP contribution in [0.5, 0.6) is 0 Å². The number of ether oxygens (including phenoxy) is 1. The van der Waals surface area contributed by atoms with Crippen molar-refractivity contribution in [1.82, 2.24) is 35.8 Å². The summed E-state index contributed by atoms with van der Waals surface area (Å²) in [6.07, 6.45) is 3.33. The van der Waals surface area contributed by atoms with Crippen molar-refractivity contribution in [3.63, 3.8) is 0 Å². The molecule has 0 aromatic carbocycles. The van der Waals surface area contributed by atoms with E-state index in [1.165, 1.54) is 16.0 Å². The summed E-state index contributed by atoms with van der Waals surface area (Å²) in [5.41, 5.74) is 0.497. The second kappa shape index (κ2) is 11.2. The van der Waals surface area contributed by atoms with Gasteiger partial charge >= 0.3 is 5.97 Å². The third kappa shape index (κ3) is 6.36. The maximum atomic E-state index is 12.9. The minimum Gasteiger partial charge on any atom is -0.456 e. The lowest BCUT2D eigenvalue weighted by Gasteiger charge is -2.23. The van der Waals surface area contributed by atoms with Gasteiger partial charge in [-0.1, -0.05) is 19.9 Å². The van der Waals surface area contributed by atoms with Crippen LogP contribution in [-0.2, 0) is 32.2 Å². The Kier molecular flexibility index (Phi) is 8.33. The first kappa shape index (κ1) is 23.9. The molecule has 11 nitrogen and oxygen atoms in total. The minimum atomic E-state index is -0.898. The summed E-state index contributed by atoms with van der Waals surface area (Å²) in [6, 6.07) is -0.898. The van der Waals surface area contributed by atoms with Crippen LogP contribution in [0.1, 0.15) is 31.7 Å². The maximum absolute atomic E-state index is 12.9. The number of rotatable bonds is 4. The predicted octanol–water partition coefficient (Wildman–Crippen LogP) is 0.745. The van der Waals surface area contributed by atoms with E-state index in [-0.39, 0.29) is 31.3 Å². The van der Waals surface area contributed by atoms with Gasteiger partial charge in [0.05, 0.1) is 13.0 Å². The normalized spacial score (nSPS) is 20.7. The number of carbonyl (C=O) groups is 3. The Bertz CT molecular complexity index is 988. The van der Waals surface area contributed by atoms with Gasteiger partial charge in [0.1, 0.15) is 29.4 Å². The average Bonchev–Trinajstić information content (AvgIpc) is 3.38. The molecule has 0 saturated carbocycles. The highest BCUT2D eigenvalue weighted by Gasteiger charge is 2.29. The van der Waals surface area contributed by atoms with E-state index in [0.717, 1.165) is 0 Å². The minimum absolute atomic E-state index is 0.0515. The summed E-state index contributed by atoms with van der Waals surface area (Å²) in [5, 5.41) is 19.3. The van der Waals surface area contributed by atoms with Crippen LogP contribution < -0.4 is 10.6 Å². The van der Waals surface area contributed by atoms with E-state index < -0.39 is 24.0 Å². The Morgan fingerprint density at radius 3 is 2.91 bits per heavy atom. The number of thiol groups is 1. The number of nitrogens with one attached hydrogen (secondary N) is 2. The first-order valence-electron chi connectivity index (χ1n) is 10.1. The van der Waals surface area contributed by atoms with Crippen LogP contribution in [0.15, 0.2) is 17.5 Å². The zero-order valence-electron chi connectivity index (χ0n) is 17.7. The molecule has 2 atom stereocenters. The molecule has 0 saturated heterocycles. The Hall–Kier alpha value is -2.80. The van der Waals surface area contributed by atoms with Gasteiger partial charge < -0.3 is 15.4 Å². The standard InChI is InChI=1S/C19H25N7O4S2/c1-11(2)17-19(29)30-12(5-3-4-6-31)7-14(27)20-8-16-21-13(10-32-16)18-23-24-25-26(18)9-15(28)22-17/h3,5,10-12,17,31H,4,6-9H2,1-2H3,(H,20,27)(H,22,28)/b5-3+/t12-,17+/m1/s1. The largest absolute Gasteiger partial charge is 0.456 e. The monoisotopic (exact) mass is 479 g/mol. The molecular formula is C19H25N7O4S2. The first-order valence-corrected chi connectivity index (χ1v) is 11.6. The van der Waals surface area contributed by atoms with Crippen molar-refractivity contribution in [2.75, 3.05) is 5.75 Å². The van der Waals surface area contributed by atoms with Gasteiger partial charge in [0, 0.05) is 5.38 Å². The number of nitrogens with zero attached hydrogens (tertiary/aromatic N) is 5. The van der Waals surface area contributed by atoms with Crippen LogP contribution in [0.25, 0.3) is 11.5 Å². The molecule has 0 spiro atoms. The number of tetrazole rings is 1. The summed E-state index contributed by atoms with van der Waals surface area (Å²) in [4.78, 5) is 42.5. The van der Waals surface area contributed by atoms with Crippen LogP contribution in [0.3, 0.4) is 0 Å².